The molecule has 0 aliphatic carbocycles. The zero-order chi connectivity index (χ0) is 38.6. The highest BCUT2D eigenvalue weighted by molar-refractivity contribution is 7.91. The molecule has 0 unspecified atom stereocenters. The number of benzene rings is 1. The summed E-state index contributed by atoms with van der Waals surface area (Å²) >= 11 is 0. The number of aldehydes is 1. The van der Waals surface area contributed by atoms with Crippen LogP contribution in [0.3, 0.4) is 0 Å². The van der Waals surface area contributed by atoms with Gasteiger partial charge in [-0.25, -0.2) is 36.4 Å². The molecule has 2 saturated heterocycles. The Morgan fingerprint density at radius 1 is 1.09 bits per heavy atom. The number of anilines is 1. The van der Waals surface area contributed by atoms with Gasteiger partial charge in [-0.2, -0.15) is 0 Å². The normalized spacial score (nSPS) is 17.8. The fourth-order valence-corrected chi connectivity index (χ4v) is 8.71. The Hall–Kier alpha value is -4.01. The number of piperidine rings is 1. The van der Waals surface area contributed by atoms with Gasteiger partial charge in [0.05, 0.1) is 28.5 Å². The summed E-state index contributed by atoms with van der Waals surface area (Å²) in [6.07, 6.45) is 4.41. The first-order valence-corrected chi connectivity index (χ1v) is 20.3. The number of fused-ring (bicyclic) bond motifs is 1. The molecule has 2 aliphatic rings. The lowest BCUT2D eigenvalue weighted by Gasteiger charge is -2.34. The standard InChI is InChI=1S/C38H50F3N5O6S/c1-25(28-9-8-10-31(32(28)39)38(40,41)16-11-26-12-18-45(19-13-26)36(49)52-37(2,3)4)44-33-30-23-29(27-14-21-53(50,51)22-15-27)35(48)46(17-6-5-7-20-47)34(30)43-24-42-33/h8-10,20,23-27H,5-7,11-19,21-22H2,1-4H3,(H,42,43,44)/t25-/m1/s1. The molecule has 0 saturated carbocycles. The highest BCUT2D eigenvalue weighted by Crippen LogP contribution is 2.40. The molecular formula is C38H50F3N5O6S. The van der Waals surface area contributed by atoms with Crippen LogP contribution in [0, 0.1) is 11.7 Å². The molecule has 4 heterocycles. The van der Waals surface area contributed by atoms with Crippen LogP contribution in [0.2, 0.25) is 0 Å². The van der Waals surface area contributed by atoms with E-state index < -0.39 is 51.3 Å². The highest BCUT2D eigenvalue weighted by Gasteiger charge is 2.37. The van der Waals surface area contributed by atoms with Crippen LogP contribution in [0.25, 0.3) is 11.0 Å². The van der Waals surface area contributed by atoms with Crippen molar-refractivity contribution in [3.8, 4) is 0 Å². The number of sulfone groups is 1. The minimum absolute atomic E-state index is 0.0134. The molecule has 2 fully saturated rings. The van der Waals surface area contributed by atoms with Gasteiger partial charge in [-0.3, -0.25) is 9.36 Å². The van der Waals surface area contributed by atoms with Gasteiger partial charge in [-0.15, -0.1) is 0 Å². The average Bonchev–Trinajstić information content (AvgIpc) is 3.09. The number of unbranched alkanes of at least 4 members (excludes halogenated alkanes) is 2. The van der Waals surface area contributed by atoms with Gasteiger partial charge in [0, 0.05) is 43.6 Å². The number of pyridine rings is 1. The number of aryl methyl sites for hydroxylation is 1. The van der Waals surface area contributed by atoms with Crippen molar-refractivity contribution in [2.75, 3.05) is 29.9 Å². The number of carbonyl (C=O) groups excluding carboxylic acids is 2. The molecule has 290 valence electrons. The molecule has 1 aromatic carbocycles. The number of likely N-dealkylation sites (tertiary alicyclic amines) is 1. The average molecular weight is 762 g/mol. The van der Waals surface area contributed by atoms with Crippen LogP contribution in [0.15, 0.2) is 35.4 Å². The van der Waals surface area contributed by atoms with Gasteiger partial charge >= 0.3 is 6.09 Å². The molecule has 11 nitrogen and oxygen atoms in total. The van der Waals surface area contributed by atoms with E-state index in [1.807, 2.05) is 0 Å². The molecule has 53 heavy (non-hydrogen) atoms. The summed E-state index contributed by atoms with van der Waals surface area (Å²) < 4.78 is 78.7. The third-order valence-electron chi connectivity index (χ3n) is 10.2. The first-order valence-electron chi connectivity index (χ1n) is 18.4. The molecule has 1 N–H and O–H groups in total. The van der Waals surface area contributed by atoms with Crippen LogP contribution >= 0.6 is 0 Å². The largest absolute Gasteiger partial charge is 0.444 e. The summed E-state index contributed by atoms with van der Waals surface area (Å²) in [5.74, 6) is -4.61. The van der Waals surface area contributed by atoms with E-state index in [1.165, 1.54) is 23.0 Å². The van der Waals surface area contributed by atoms with E-state index in [1.54, 1.807) is 38.7 Å². The maximum absolute atomic E-state index is 16.0. The molecule has 2 aromatic heterocycles. The first kappa shape index (κ1) is 40.2. The number of nitrogens with zero attached hydrogens (tertiary/aromatic N) is 4. The molecule has 2 aliphatic heterocycles. The Balaban J connectivity index is 1.34. The molecule has 0 bridgehead atoms. The fraction of sp³-hybridized carbons (Fsp3) is 0.605. The summed E-state index contributed by atoms with van der Waals surface area (Å²) in [6, 6.07) is 4.80. The minimum atomic E-state index is -3.44. The second-order valence-corrected chi connectivity index (χ2v) is 17.6. The van der Waals surface area contributed by atoms with Gasteiger partial charge in [-0.1, -0.05) is 18.2 Å². The third-order valence-corrected chi connectivity index (χ3v) is 11.9. The first-order chi connectivity index (χ1) is 25.0. The molecule has 5 rings (SSSR count). The number of rotatable bonds is 13. The number of nitrogens with one attached hydrogen (secondary N) is 1. The predicted octanol–water partition coefficient (Wildman–Crippen LogP) is 7.28. The number of alkyl halides is 2. The Kier molecular flexibility index (Phi) is 12.6. The van der Waals surface area contributed by atoms with Crippen molar-refractivity contribution in [3.05, 3.63) is 63.5 Å². The van der Waals surface area contributed by atoms with Gasteiger partial charge in [0.1, 0.15) is 45.3 Å². The SMILES string of the molecule is C[C@@H](Nc1ncnc2c1cc(C1CCS(=O)(=O)CC1)c(=O)n2CCCCC=O)c1cccc(C(F)(F)CCC2CCN(C(=O)OC(C)(C)C)CC2)c1F. The number of carbonyl (C=O) groups is 2. The molecule has 3 aromatic rings. The predicted molar refractivity (Wildman–Crippen MR) is 196 cm³/mol. The van der Waals surface area contributed by atoms with Crippen molar-refractivity contribution in [1.82, 2.24) is 19.4 Å². The minimum Gasteiger partial charge on any atom is -0.444 e. The number of hydrogen-bond donors (Lipinski definition) is 1. The van der Waals surface area contributed by atoms with E-state index in [0.717, 1.165) is 12.4 Å². The molecule has 0 spiro atoms. The van der Waals surface area contributed by atoms with Crippen LogP contribution in [-0.2, 0) is 31.8 Å². The van der Waals surface area contributed by atoms with Crippen molar-refractivity contribution in [2.24, 2.45) is 5.92 Å². The van der Waals surface area contributed by atoms with Crippen LogP contribution < -0.4 is 10.9 Å². The van der Waals surface area contributed by atoms with Crippen molar-refractivity contribution in [1.29, 1.82) is 0 Å². The van der Waals surface area contributed by atoms with E-state index in [2.05, 4.69) is 15.3 Å². The van der Waals surface area contributed by atoms with Crippen molar-refractivity contribution in [3.63, 3.8) is 0 Å². The lowest BCUT2D eigenvalue weighted by atomic mass is 9.89. The second-order valence-electron chi connectivity index (χ2n) is 15.3. The van der Waals surface area contributed by atoms with Gasteiger partial charge in [0.2, 0.25) is 0 Å². The van der Waals surface area contributed by atoms with E-state index >= 15 is 13.2 Å². The lowest BCUT2D eigenvalue weighted by Crippen LogP contribution is -2.41. The highest BCUT2D eigenvalue weighted by atomic mass is 32.2. The van der Waals surface area contributed by atoms with Crippen LogP contribution in [-0.4, -0.2) is 70.4 Å². The zero-order valence-corrected chi connectivity index (χ0v) is 31.7. The topological polar surface area (TPSA) is 141 Å². The number of ether oxygens (including phenoxy) is 1. The molecule has 15 heteroatoms. The van der Waals surface area contributed by atoms with E-state index in [0.29, 0.717) is 74.6 Å². The fourth-order valence-electron chi connectivity index (χ4n) is 7.22. The maximum Gasteiger partial charge on any atom is 0.410 e. The third kappa shape index (κ3) is 9.95. The number of hydrogen-bond acceptors (Lipinski definition) is 9. The monoisotopic (exact) mass is 761 g/mol. The van der Waals surface area contributed by atoms with Crippen LogP contribution in [0.5, 0.6) is 0 Å². The summed E-state index contributed by atoms with van der Waals surface area (Å²) in [5.41, 5.74) is -0.853. The molecule has 1 amide bonds. The number of halogens is 3. The van der Waals surface area contributed by atoms with Gasteiger partial charge in [0.15, 0.2) is 0 Å². The smallest absolute Gasteiger partial charge is 0.410 e. The number of aromatic nitrogens is 3. The summed E-state index contributed by atoms with van der Waals surface area (Å²) in [4.78, 5) is 47.5. The van der Waals surface area contributed by atoms with E-state index in [9.17, 15) is 22.8 Å². The molecule has 0 radical (unpaired) electrons. The Bertz CT molecular complexity index is 1940. The zero-order valence-electron chi connectivity index (χ0n) is 30.9. The second kappa shape index (κ2) is 16.6. The van der Waals surface area contributed by atoms with Crippen molar-refractivity contribution >= 4 is 39.1 Å². The van der Waals surface area contributed by atoms with Gasteiger partial charge in [0.25, 0.3) is 11.5 Å². The number of amides is 1. The summed E-state index contributed by atoms with van der Waals surface area (Å²) in [5, 5.41) is 3.62. The maximum atomic E-state index is 16.0. The lowest BCUT2D eigenvalue weighted by molar-refractivity contribution is -0.107. The summed E-state index contributed by atoms with van der Waals surface area (Å²) in [7, 11) is -3.19. The van der Waals surface area contributed by atoms with Crippen molar-refractivity contribution in [2.45, 2.75) is 116 Å². The Morgan fingerprint density at radius 3 is 2.45 bits per heavy atom. The van der Waals surface area contributed by atoms with Crippen LogP contribution in [0.4, 0.5) is 23.8 Å². The molecular weight excluding hydrogens is 712 g/mol. The molecule has 1 atom stereocenters. The quantitative estimate of drug-likeness (QED) is 0.141. The Labute approximate surface area is 308 Å². The van der Waals surface area contributed by atoms with Gasteiger partial charge in [-0.05, 0) is 90.5 Å². The van der Waals surface area contributed by atoms with Crippen molar-refractivity contribution < 1.29 is 35.9 Å². The van der Waals surface area contributed by atoms with E-state index in [-0.39, 0.29) is 53.2 Å². The van der Waals surface area contributed by atoms with Crippen LogP contribution in [0.1, 0.15) is 114 Å². The van der Waals surface area contributed by atoms with Gasteiger partial charge < -0.3 is 19.7 Å². The van der Waals surface area contributed by atoms with E-state index in [4.69, 9.17) is 4.74 Å². The summed E-state index contributed by atoms with van der Waals surface area (Å²) in [6.45, 7) is 8.09. The Morgan fingerprint density at radius 2 is 1.79 bits per heavy atom.